The number of benzene rings is 3. The quantitative estimate of drug-likeness (QED) is 0.238. The SMILES string of the molecule is N[C@@H](Cc1ccccc1)C(=O)Nc1ccc(COC(=O)Oc2ccc([N+](=O)[O-])cc2)cc1. The van der Waals surface area contributed by atoms with Gasteiger partial charge in [0.25, 0.3) is 5.69 Å². The molecule has 9 heteroatoms. The fraction of sp³-hybridized carbons (Fsp3) is 0.130. The highest BCUT2D eigenvalue weighted by Gasteiger charge is 2.14. The first-order valence-electron chi connectivity index (χ1n) is 9.69. The topological polar surface area (TPSA) is 134 Å². The Morgan fingerprint density at radius 2 is 1.59 bits per heavy atom. The van der Waals surface area contributed by atoms with Gasteiger partial charge in [-0.25, -0.2) is 4.79 Å². The van der Waals surface area contributed by atoms with Crippen LogP contribution in [0.15, 0.2) is 78.9 Å². The van der Waals surface area contributed by atoms with Crippen LogP contribution in [0.4, 0.5) is 16.2 Å². The molecule has 1 amide bonds. The number of nitrogens with one attached hydrogen (secondary N) is 1. The van der Waals surface area contributed by atoms with Gasteiger partial charge in [-0.1, -0.05) is 42.5 Å². The lowest BCUT2D eigenvalue weighted by atomic mass is 10.1. The lowest BCUT2D eigenvalue weighted by molar-refractivity contribution is -0.384. The zero-order valence-corrected chi connectivity index (χ0v) is 17.0. The van der Waals surface area contributed by atoms with Crippen molar-refractivity contribution in [3.8, 4) is 5.75 Å². The van der Waals surface area contributed by atoms with Gasteiger partial charge < -0.3 is 20.5 Å². The van der Waals surface area contributed by atoms with Crippen LogP contribution in [0.1, 0.15) is 11.1 Å². The number of amides is 1. The predicted octanol–water partition coefficient (Wildman–Crippen LogP) is 3.82. The number of rotatable bonds is 8. The molecule has 0 heterocycles. The van der Waals surface area contributed by atoms with Crippen molar-refractivity contribution in [1.82, 2.24) is 0 Å². The van der Waals surface area contributed by atoms with E-state index in [9.17, 15) is 19.7 Å². The standard InChI is InChI=1S/C23H21N3O6/c24-21(14-16-4-2-1-3-5-16)22(27)25-18-8-6-17(7-9-18)15-31-23(28)32-20-12-10-19(11-13-20)26(29)30/h1-13,21H,14-15,24H2,(H,25,27)/t21-/m0/s1. The second-order valence-electron chi connectivity index (χ2n) is 6.87. The molecule has 0 aliphatic rings. The van der Waals surface area contributed by atoms with Crippen molar-refractivity contribution in [2.45, 2.75) is 19.1 Å². The molecule has 9 nitrogen and oxygen atoms in total. The third-order valence-corrected chi connectivity index (χ3v) is 4.46. The minimum absolute atomic E-state index is 0.0481. The number of anilines is 1. The Kier molecular flexibility index (Phi) is 7.50. The normalized spacial score (nSPS) is 11.3. The van der Waals surface area contributed by atoms with Crippen LogP contribution < -0.4 is 15.8 Å². The number of ether oxygens (including phenoxy) is 2. The van der Waals surface area contributed by atoms with Gasteiger partial charge in [0, 0.05) is 17.8 Å². The second kappa shape index (κ2) is 10.7. The zero-order chi connectivity index (χ0) is 22.9. The Labute approximate surface area is 183 Å². The fourth-order valence-corrected chi connectivity index (χ4v) is 2.78. The molecule has 0 aliphatic heterocycles. The second-order valence-corrected chi connectivity index (χ2v) is 6.87. The summed E-state index contributed by atoms with van der Waals surface area (Å²) in [5, 5.41) is 13.4. The number of nitro groups is 1. The van der Waals surface area contributed by atoms with Gasteiger partial charge in [0.1, 0.15) is 12.4 Å². The maximum absolute atomic E-state index is 12.3. The number of nitrogens with two attached hydrogens (primary N) is 1. The minimum atomic E-state index is -0.942. The maximum Gasteiger partial charge on any atom is 0.514 e. The fourth-order valence-electron chi connectivity index (χ4n) is 2.78. The van der Waals surface area contributed by atoms with Gasteiger partial charge >= 0.3 is 6.16 Å². The Morgan fingerprint density at radius 3 is 2.22 bits per heavy atom. The van der Waals surface area contributed by atoms with Crippen LogP contribution in [0.2, 0.25) is 0 Å². The first-order valence-corrected chi connectivity index (χ1v) is 9.69. The van der Waals surface area contributed by atoms with Crippen LogP contribution in [0.3, 0.4) is 0 Å². The molecule has 3 rings (SSSR count). The van der Waals surface area contributed by atoms with Crippen LogP contribution >= 0.6 is 0 Å². The van der Waals surface area contributed by atoms with Gasteiger partial charge in [-0.15, -0.1) is 0 Å². The summed E-state index contributed by atoms with van der Waals surface area (Å²) >= 11 is 0. The molecule has 3 N–H and O–H groups in total. The molecule has 1 atom stereocenters. The van der Waals surface area contributed by atoms with E-state index in [1.165, 1.54) is 24.3 Å². The molecular formula is C23H21N3O6. The highest BCUT2D eigenvalue weighted by molar-refractivity contribution is 5.94. The molecule has 0 unspecified atom stereocenters. The largest absolute Gasteiger partial charge is 0.514 e. The highest BCUT2D eigenvalue weighted by atomic mass is 16.7. The number of nitrogens with zero attached hydrogens (tertiary/aromatic N) is 1. The first-order chi connectivity index (χ1) is 15.4. The van der Waals surface area contributed by atoms with E-state index in [0.29, 0.717) is 17.7 Å². The molecule has 0 saturated heterocycles. The van der Waals surface area contributed by atoms with Gasteiger partial charge in [-0.05, 0) is 41.8 Å². The van der Waals surface area contributed by atoms with Crippen LogP contribution in [0.5, 0.6) is 5.75 Å². The van der Waals surface area contributed by atoms with Crippen LogP contribution in [0, 0.1) is 10.1 Å². The third-order valence-electron chi connectivity index (χ3n) is 4.46. The lowest BCUT2D eigenvalue weighted by Gasteiger charge is -2.13. The molecule has 164 valence electrons. The van der Waals surface area contributed by atoms with E-state index in [4.69, 9.17) is 15.2 Å². The van der Waals surface area contributed by atoms with Crippen molar-refractivity contribution < 1.29 is 24.0 Å². The van der Waals surface area contributed by atoms with Gasteiger partial charge in [-0.2, -0.15) is 0 Å². The molecule has 0 aliphatic carbocycles. The molecule has 3 aromatic carbocycles. The zero-order valence-electron chi connectivity index (χ0n) is 17.0. The first kappa shape index (κ1) is 22.4. The van der Waals surface area contributed by atoms with Gasteiger partial charge in [0.2, 0.25) is 5.91 Å². The average molecular weight is 435 g/mol. The summed E-state index contributed by atoms with van der Waals surface area (Å²) in [6.07, 6.45) is -0.515. The van der Waals surface area contributed by atoms with Gasteiger partial charge in [0.05, 0.1) is 11.0 Å². The molecule has 3 aromatic rings. The molecule has 32 heavy (non-hydrogen) atoms. The molecule has 0 bridgehead atoms. The van der Waals surface area contributed by atoms with Crippen molar-refractivity contribution in [3.05, 3.63) is 100 Å². The van der Waals surface area contributed by atoms with Crippen molar-refractivity contribution >= 4 is 23.4 Å². The molecule has 0 saturated carbocycles. The smallest absolute Gasteiger partial charge is 0.429 e. The number of hydrogen-bond acceptors (Lipinski definition) is 7. The summed E-state index contributed by atoms with van der Waals surface area (Å²) in [5.74, 6) is -0.171. The average Bonchev–Trinajstić information content (AvgIpc) is 2.79. The Balaban J connectivity index is 1.45. The number of carbonyl (C=O) groups is 2. The van der Waals surface area contributed by atoms with E-state index in [-0.39, 0.29) is 24.0 Å². The van der Waals surface area contributed by atoms with Crippen LogP contribution in [-0.2, 0) is 22.6 Å². The monoisotopic (exact) mass is 435 g/mol. The van der Waals surface area contributed by atoms with Crippen molar-refractivity contribution in [1.29, 1.82) is 0 Å². The van der Waals surface area contributed by atoms with E-state index in [1.807, 2.05) is 30.3 Å². The molecule has 0 aromatic heterocycles. The summed E-state index contributed by atoms with van der Waals surface area (Å²) in [6, 6.07) is 20.6. The van der Waals surface area contributed by atoms with E-state index in [0.717, 1.165) is 5.56 Å². The van der Waals surface area contributed by atoms with Crippen molar-refractivity contribution in [3.63, 3.8) is 0 Å². The number of nitro benzene ring substituents is 1. The van der Waals surface area contributed by atoms with E-state index in [1.54, 1.807) is 24.3 Å². The summed E-state index contributed by atoms with van der Waals surface area (Å²) < 4.78 is 10.0. The lowest BCUT2D eigenvalue weighted by Crippen LogP contribution is -2.37. The highest BCUT2D eigenvalue weighted by Crippen LogP contribution is 2.18. The third kappa shape index (κ3) is 6.64. The predicted molar refractivity (Wildman–Crippen MR) is 117 cm³/mol. The van der Waals surface area contributed by atoms with E-state index >= 15 is 0 Å². The summed E-state index contributed by atoms with van der Waals surface area (Å²) in [6.45, 7) is -0.0481. The van der Waals surface area contributed by atoms with Gasteiger partial charge in [-0.3, -0.25) is 14.9 Å². The summed E-state index contributed by atoms with van der Waals surface area (Å²) in [4.78, 5) is 34.2. The van der Waals surface area contributed by atoms with E-state index in [2.05, 4.69) is 5.32 Å². The Hall–Kier alpha value is -4.24. The van der Waals surface area contributed by atoms with Gasteiger partial charge in [0.15, 0.2) is 0 Å². The molecule has 0 spiro atoms. The van der Waals surface area contributed by atoms with Crippen LogP contribution in [-0.4, -0.2) is 23.0 Å². The number of non-ortho nitro benzene ring substituents is 1. The molecule has 0 radical (unpaired) electrons. The summed E-state index contributed by atoms with van der Waals surface area (Å²) in [7, 11) is 0. The minimum Gasteiger partial charge on any atom is -0.429 e. The Morgan fingerprint density at radius 1 is 0.938 bits per heavy atom. The Bertz CT molecular complexity index is 1070. The summed E-state index contributed by atoms with van der Waals surface area (Å²) in [5.41, 5.74) is 8.08. The molecular weight excluding hydrogens is 414 g/mol. The van der Waals surface area contributed by atoms with Crippen molar-refractivity contribution in [2.24, 2.45) is 5.73 Å². The maximum atomic E-state index is 12.3. The van der Waals surface area contributed by atoms with Crippen LogP contribution in [0.25, 0.3) is 0 Å². The van der Waals surface area contributed by atoms with E-state index < -0.39 is 17.1 Å². The number of hydrogen-bond donors (Lipinski definition) is 2. The number of carbonyl (C=O) groups excluding carboxylic acids is 2. The molecule has 0 fully saturated rings. The van der Waals surface area contributed by atoms with Crippen molar-refractivity contribution in [2.75, 3.05) is 5.32 Å².